The highest BCUT2D eigenvalue weighted by atomic mass is 15.0. The summed E-state index contributed by atoms with van der Waals surface area (Å²) in [6.45, 7) is 7.75. The third kappa shape index (κ3) is 2.91. The van der Waals surface area contributed by atoms with Gasteiger partial charge in [0, 0.05) is 23.8 Å². The summed E-state index contributed by atoms with van der Waals surface area (Å²) in [6.07, 6.45) is 1.97. The normalized spacial score (nSPS) is 11.7. The Balaban J connectivity index is 2.21. The molecule has 0 bridgehead atoms. The van der Waals surface area contributed by atoms with E-state index in [2.05, 4.69) is 56.4 Å². The molecule has 2 aromatic rings. The predicted octanol–water partition coefficient (Wildman–Crippen LogP) is 3.05. The van der Waals surface area contributed by atoms with Crippen molar-refractivity contribution in [2.75, 3.05) is 0 Å². The van der Waals surface area contributed by atoms with Crippen molar-refractivity contribution in [3.8, 4) is 6.07 Å². The summed E-state index contributed by atoms with van der Waals surface area (Å²) in [7, 11) is 0. The molecular formula is C15H19N3. The highest BCUT2D eigenvalue weighted by Gasteiger charge is 2.09. The fraction of sp³-hybridized carbons (Fsp3) is 0.400. The molecule has 1 heterocycles. The Bertz CT molecular complexity index is 582. The molecule has 94 valence electrons. The van der Waals surface area contributed by atoms with Crippen LogP contribution in [0.5, 0.6) is 0 Å². The van der Waals surface area contributed by atoms with E-state index in [1.807, 2.05) is 10.8 Å². The first-order valence-corrected chi connectivity index (χ1v) is 6.19. The molecule has 0 saturated heterocycles. The third-order valence-electron chi connectivity index (χ3n) is 2.90. The standard InChI is InChI=1S/C15H19N3/c1-15(2,3)17-11-12-4-5-14-13(10-12)6-8-18(14)9-7-16/h4-6,8,10,17H,9,11H2,1-3H3. The molecule has 0 amide bonds. The van der Waals surface area contributed by atoms with E-state index >= 15 is 0 Å². The van der Waals surface area contributed by atoms with Crippen LogP contribution in [-0.4, -0.2) is 10.1 Å². The van der Waals surface area contributed by atoms with Crippen LogP contribution in [0.2, 0.25) is 0 Å². The Morgan fingerprint density at radius 2 is 2.06 bits per heavy atom. The van der Waals surface area contributed by atoms with E-state index in [0.29, 0.717) is 6.54 Å². The zero-order chi connectivity index (χ0) is 13.2. The van der Waals surface area contributed by atoms with Gasteiger partial charge in [-0.05, 0) is 49.9 Å². The lowest BCUT2D eigenvalue weighted by molar-refractivity contribution is 0.424. The minimum Gasteiger partial charge on any atom is -0.334 e. The molecule has 18 heavy (non-hydrogen) atoms. The molecule has 0 spiro atoms. The van der Waals surface area contributed by atoms with Crippen LogP contribution in [0.15, 0.2) is 30.5 Å². The van der Waals surface area contributed by atoms with Gasteiger partial charge in [0.1, 0.15) is 6.54 Å². The summed E-state index contributed by atoms with van der Waals surface area (Å²) >= 11 is 0. The molecule has 0 aliphatic heterocycles. The maximum atomic E-state index is 8.75. The summed E-state index contributed by atoms with van der Waals surface area (Å²) in [4.78, 5) is 0. The maximum absolute atomic E-state index is 8.75. The topological polar surface area (TPSA) is 40.8 Å². The number of nitrogens with one attached hydrogen (secondary N) is 1. The lowest BCUT2D eigenvalue weighted by atomic mass is 10.1. The molecule has 1 N–H and O–H groups in total. The smallest absolute Gasteiger partial charge is 0.110 e. The third-order valence-corrected chi connectivity index (χ3v) is 2.90. The molecule has 0 aliphatic carbocycles. The van der Waals surface area contributed by atoms with E-state index in [4.69, 9.17) is 5.26 Å². The lowest BCUT2D eigenvalue weighted by Gasteiger charge is -2.20. The molecular weight excluding hydrogens is 222 g/mol. The summed E-state index contributed by atoms with van der Waals surface area (Å²) in [6, 6.07) is 10.6. The van der Waals surface area contributed by atoms with Gasteiger partial charge in [-0.15, -0.1) is 0 Å². The van der Waals surface area contributed by atoms with Gasteiger partial charge in [0.15, 0.2) is 0 Å². The van der Waals surface area contributed by atoms with Crippen LogP contribution < -0.4 is 5.32 Å². The van der Waals surface area contributed by atoms with Crippen molar-refractivity contribution in [3.63, 3.8) is 0 Å². The Labute approximate surface area is 108 Å². The minimum absolute atomic E-state index is 0.127. The van der Waals surface area contributed by atoms with Crippen molar-refractivity contribution < 1.29 is 0 Å². The van der Waals surface area contributed by atoms with Gasteiger partial charge in [-0.25, -0.2) is 0 Å². The Hall–Kier alpha value is -1.79. The highest BCUT2D eigenvalue weighted by molar-refractivity contribution is 5.80. The Kier molecular flexibility index (Phi) is 3.40. The fourth-order valence-electron chi connectivity index (χ4n) is 1.94. The quantitative estimate of drug-likeness (QED) is 0.897. The van der Waals surface area contributed by atoms with Crippen LogP contribution in [-0.2, 0) is 13.1 Å². The van der Waals surface area contributed by atoms with Crippen molar-refractivity contribution in [1.29, 1.82) is 5.26 Å². The average Bonchev–Trinajstić information content (AvgIpc) is 2.69. The average molecular weight is 241 g/mol. The zero-order valence-corrected chi connectivity index (χ0v) is 11.2. The van der Waals surface area contributed by atoms with Gasteiger partial charge in [-0.1, -0.05) is 6.07 Å². The molecule has 0 unspecified atom stereocenters. The molecule has 0 aliphatic rings. The van der Waals surface area contributed by atoms with E-state index in [-0.39, 0.29) is 5.54 Å². The van der Waals surface area contributed by atoms with Crippen LogP contribution >= 0.6 is 0 Å². The molecule has 3 heteroatoms. The molecule has 0 atom stereocenters. The number of nitrogens with zero attached hydrogens (tertiary/aromatic N) is 2. The molecule has 0 radical (unpaired) electrons. The number of fused-ring (bicyclic) bond motifs is 1. The summed E-state index contributed by atoms with van der Waals surface area (Å²) in [5, 5.41) is 13.4. The summed E-state index contributed by atoms with van der Waals surface area (Å²) in [5.74, 6) is 0. The second-order valence-corrected chi connectivity index (χ2v) is 5.60. The van der Waals surface area contributed by atoms with Crippen molar-refractivity contribution >= 4 is 10.9 Å². The van der Waals surface area contributed by atoms with Gasteiger partial charge < -0.3 is 9.88 Å². The fourth-order valence-corrected chi connectivity index (χ4v) is 1.94. The summed E-state index contributed by atoms with van der Waals surface area (Å²) in [5.41, 5.74) is 2.52. The van der Waals surface area contributed by atoms with Crippen molar-refractivity contribution in [2.45, 2.75) is 39.4 Å². The first-order chi connectivity index (χ1) is 8.49. The number of hydrogen-bond donors (Lipinski definition) is 1. The predicted molar refractivity (Wildman–Crippen MR) is 74.1 cm³/mol. The monoisotopic (exact) mass is 241 g/mol. The van der Waals surface area contributed by atoms with Gasteiger partial charge in [-0.2, -0.15) is 5.26 Å². The van der Waals surface area contributed by atoms with E-state index in [1.165, 1.54) is 10.9 Å². The highest BCUT2D eigenvalue weighted by Crippen LogP contribution is 2.18. The number of nitriles is 1. The van der Waals surface area contributed by atoms with E-state index < -0.39 is 0 Å². The van der Waals surface area contributed by atoms with E-state index in [1.54, 1.807) is 0 Å². The first kappa shape index (κ1) is 12.7. The van der Waals surface area contributed by atoms with Gasteiger partial charge in [-0.3, -0.25) is 0 Å². The van der Waals surface area contributed by atoms with Crippen LogP contribution in [0.4, 0.5) is 0 Å². The van der Waals surface area contributed by atoms with Crippen molar-refractivity contribution in [1.82, 2.24) is 9.88 Å². The summed E-state index contributed by atoms with van der Waals surface area (Å²) < 4.78 is 1.97. The lowest BCUT2D eigenvalue weighted by Crippen LogP contribution is -2.35. The molecule has 1 aromatic carbocycles. The van der Waals surface area contributed by atoms with E-state index in [0.717, 1.165) is 12.1 Å². The number of hydrogen-bond acceptors (Lipinski definition) is 2. The van der Waals surface area contributed by atoms with Crippen LogP contribution in [0.1, 0.15) is 26.3 Å². The maximum Gasteiger partial charge on any atom is 0.110 e. The largest absolute Gasteiger partial charge is 0.334 e. The number of benzene rings is 1. The zero-order valence-electron chi connectivity index (χ0n) is 11.2. The molecule has 1 aromatic heterocycles. The second kappa shape index (κ2) is 4.83. The van der Waals surface area contributed by atoms with Crippen LogP contribution in [0.25, 0.3) is 10.9 Å². The van der Waals surface area contributed by atoms with Crippen LogP contribution in [0.3, 0.4) is 0 Å². The van der Waals surface area contributed by atoms with E-state index in [9.17, 15) is 0 Å². The number of rotatable bonds is 3. The van der Waals surface area contributed by atoms with Crippen molar-refractivity contribution in [3.05, 3.63) is 36.0 Å². The Morgan fingerprint density at radius 3 is 2.72 bits per heavy atom. The SMILES string of the molecule is CC(C)(C)NCc1ccc2c(ccn2CC#N)c1. The number of aromatic nitrogens is 1. The van der Waals surface area contributed by atoms with Gasteiger partial charge in [0.25, 0.3) is 0 Å². The molecule has 3 nitrogen and oxygen atoms in total. The molecule has 2 rings (SSSR count). The van der Waals surface area contributed by atoms with Crippen LogP contribution in [0, 0.1) is 11.3 Å². The van der Waals surface area contributed by atoms with Gasteiger partial charge >= 0.3 is 0 Å². The Morgan fingerprint density at radius 1 is 1.28 bits per heavy atom. The van der Waals surface area contributed by atoms with Crippen molar-refractivity contribution in [2.24, 2.45) is 0 Å². The van der Waals surface area contributed by atoms with Gasteiger partial charge in [0.05, 0.1) is 6.07 Å². The second-order valence-electron chi connectivity index (χ2n) is 5.60. The minimum atomic E-state index is 0.127. The molecule has 0 fully saturated rings. The van der Waals surface area contributed by atoms with Gasteiger partial charge in [0.2, 0.25) is 0 Å². The molecule has 0 saturated carbocycles. The first-order valence-electron chi connectivity index (χ1n) is 6.19.